The fraction of sp³-hybridized carbons (Fsp3) is 0.478. The first-order valence-corrected chi connectivity index (χ1v) is 9.72. The molecule has 2 aromatic rings. The number of halogens is 1. The minimum absolute atomic E-state index is 0. The Balaban J connectivity index is 0.00000182. The van der Waals surface area contributed by atoms with Gasteiger partial charge in [0.25, 0.3) is 0 Å². The summed E-state index contributed by atoms with van der Waals surface area (Å²) in [6, 6.07) is 22.3. The van der Waals surface area contributed by atoms with Gasteiger partial charge in [0.05, 0.1) is 0 Å². The standard InChI is InChI=1S/C23H29N.ClH/c1-3-10-20(11-4-1)23(21-12-5-2-6-13-21)22-14-16-24(17-15-22)18-19-8-7-9-19;/h1-6,10-13,19,22-23H,7-9,14-18H2;1H. The highest BCUT2D eigenvalue weighted by atomic mass is 35.5. The van der Waals surface area contributed by atoms with Gasteiger partial charge in [-0.1, -0.05) is 67.1 Å². The van der Waals surface area contributed by atoms with Gasteiger partial charge in [0.1, 0.15) is 0 Å². The van der Waals surface area contributed by atoms with E-state index in [0.717, 1.165) is 11.8 Å². The van der Waals surface area contributed by atoms with Crippen molar-refractivity contribution in [2.45, 2.75) is 38.0 Å². The molecule has 0 bridgehead atoms. The molecule has 2 heteroatoms. The predicted octanol–water partition coefficient (Wildman–Crippen LogP) is 5.75. The van der Waals surface area contributed by atoms with Crippen LogP contribution in [0.25, 0.3) is 0 Å². The van der Waals surface area contributed by atoms with E-state index in [2.05, 4.69) is 65.6 Å². The molecule has 2 fully saturated rings. The molecule has 0 N–H and O–H groups in total. The molecule has 0 spiro atoms. The van der Waals surface area contributed by atoms with E-state index in [1.165, 1.54) is 62.9 Å². The highest BCUT2D eigenvalue weighted by Crippen LogP contribution is 2.38. The van der Waals surface area contributed by atoms with Gasteiger partial charge in [-0.2, -0.15) is 0 Å². The van der Waals surface area contributed by atoms with E-state index in [1.807, 2.05) is 0 Å². The maximum Gasteiger partial charge on any atom is 0.0119 e. The van der Waals surface area contributed by atoms with Gasteiger partial charge in [-0.05, 0) is 61.7 Å². The second kappa shape index (κ2) is 8.87. The monoisotopic (exact) mass is 355 g/mol. The average molecular weight is 356 g/mol. The number of rotatable bonds is 5. The molecule has 2 aromatic carbocycles. The molecule has 2 aliphatic rings. The number of piperidine rings is 1. The van der Waals surface area contributed by atoms with Crippen molar-refractivity contribution in [3.8, 4) is 0 Å². The summed E-state index contributed by atoms with van der Waals surface area (Å²) in [6.45, 7) is 3.93. The first kappa shape index (κ1) is 18.5. The van der Waals surface area contributed by atoms with E-state index >= 15 is 0 Å². The van der Waals surface area contributed by atoms with Crippen LogP contribution in [-0.2, 0) is 0 Å². The molecule has 4 rings (SSSR count). The number of benzene rings is 2. The molecule has 1 aliphatic carbocycles. The van der Waals surface area contributed by atoms with Gasteiger partial charge in [0, 0.05) is 12.5 Å². The second-order valence-electron chi connectivity index (χ2n) is 7.73. The van der Waals surface area contributed by atoms with Gasteiger partial charge < -0.3 is 4.90 Å². The summed E-state index contributed by atoms with van der Waals surface area (Å²) in [6.07, 6.45) is 7.07. The topological polar surface area (TPSA) is 3.24 Å². The molecule has 134 valence electrons. The van der Waals surface area contributed by atoms with E-state index in [-0.39, 0.29) is 12.4 Å². The fourth-order valence-corrected chi connectivity index (χ4v) is 4.57. The van der Waals surface area contributed by atoms with Crippen LogP contribution in [0.1, 0.15) is 49.1 Å². The zero-order chi connectivity index (χ0) is 16.2. The van der Waals surface area contributed by atoms with Crippen LogP contribution < -0.4 is 0 Å². The van der Waals surface area contributed by atoms with Crippen molar-refractivity contribution in [3.05, 3.63) is 71.8 Å². The van der Waals surface area contributed by atoms with Gasteiger partial charge in [-0.15, -0.1) is 12.4 Å². The van der Waals surface area contributed by atoms with Gasteiger partial charge >= 0.3 is 0 Å². The molecular weight excluding hydrogens is 326 g/mol. The molecule has 0 radical (unpaired) electrons. The molecule has 0 unspecified atom stereocenters. The van der Waals surface area contributed by atoms with E-state index in [9.17, 15) is 0 Å². The van der Waals surface area contributed by atoms with E-state index in [1.54, 1.807) is 0 Å². The summed E-state index contributed by atoms with van der Waals surface area (Å²) >= 11 is 0. The Morgan fingerprint density at radius 1 is 0.760 bits per heavy atom. The number of hydrogen-bond donors (Lipinski definition) is 0. The minimum atomic E-state index is 0. The Kier molecular flexibility index (Phi) is 6.56. The first-order chi connectivity index (χ1) is 11.9. The van der Waals surface area contributed by atoms with Crippen LogP contribution in [0.4, 0.5) is 0 Å². The van der Waals surface area contributed by atoms with Crippen LogP contribution in [0.2, 0.25) is 0 Å². The smallest absolute Gasteiger partial charge is 0.0119 e. The summed E-state index contributed by atoms with van der Waals surface area (Å²) in [4.78, 5) is 2.73. The molecule has 1 nitrogen and oxygen atoms in total. The second-order valence-corrected chi connectivity index (χ2v) is 7.73. The van der Waals surface area contributed by atoms with Crippen molar-refractivity contribution in [1.29, 1.82) is 0 Å². The number of likely N-dealkylation sites (tertiary alicyclic amines) is 1. The summed E-state index contributed by atoms with van der Waals surface area (Å²) in [5.41, 5.74) is 2.97. The van der Waals surface area contributed by atoms with Crippen LogP contribution in [0.5, 0.6) is 0 Å². The van der Waals surface area contributed by atoms with Crippen molar-refractivity contribution < 1.29 is 0 Å². The highest BCUT2D eigenvalue weighted by molar-refractivity contribution is 5.85. The SMILES string of the molecule is Cl.c1ccc(C(c2ccccc2)C2CCN(CC3CCC3)CC2)cc1. The lowest BCUT2D eigenvalue weighted by Gasteiger charge is -2.39. The molecule has 25 heavy (non-hydrogen) atoms. The quantitative estimate of drug-likeness (QED) is 0.659. The Labute approximate surface area is 158 Å². The lowest BCUT2D eigenvalue weighted by atomic mass is 9.76. The molecule has 0 atom stereocenters. The largest absolute Gasteiger partial charge is 0.303 e. The maximum absolute atomic E-state index is 2.73. The minimum Gasteiger partial charge on any atom is -0.303 e. The van der Waals surface area contributed by atoms with Crippen molar-refractivity contribution in [2.24, 2.45) is 11.8 Å². The Morgan fingerprint density at radius 2 is 1.28 bits per heavy atom. The van der Waals surface area contributed by atoms with Gasteiger partial charge in [0.2, 0.25) is 0 Å². The highest BCUT2D eigenvalue weighted by Gasteiger charge is 2.30. The lowest BCUT2D eigenvalue weighted by Crippen LogP contribution is -2.40. The molecule has 1 saturated carbocycles. The van der Waals surface area contributed by atoms with Crippen LogP contribution in [0.3, 0.4) is 0 Å². The van der Waals surface area contributed by atoms with Crippen molar-refractivity contribution in [3.63, 3.8) is 0 Å². The van der Waals surface area contributed by atoms with Crippen LogP contribution in [0.15, 0.2) is 60.7 Å². The third-order valence-corrected chi connectivity index (χ3v) is 6.16. The van der Waals surface area contributed by atoms with E-state index in [4.69, 9.17) is 0 Å². The predicted molar refractivity (Wildman–Crippen MR) is 108 cm³/mol. The van der Waals surface area contributed by atoms with Crippen LogP contribution >= 0.6 is 12.4 Å². The van der Waals surface area contributed by atoms with Crippen molar-refractivity contribution in [2.75, 3.05) is 19.6 Å². The Morgan fingerprint density at radius 3 is 1.72 bits per heavy atom. The normalized spacial score (nSPS) is 19.4. The molecule has 1 aliphatic heterocycles. The number of hydrogen-bond acceptors (Lipinski definition) is 1. The van der Waals surface area contributed by atoms with Gasteiger partial charge in [0.15, 0.2) is 0 Å². The van der Waals surface area contributed by atoms with Crippen molar-refractivity contribution in [1.82, 2.24) is 4.90 Å². The molecular formula is C23H30ClN. The maximum atomic E-state index is 2.73. The van der Waals surface area contributed by atoms with Crippen molar-refractivity contribution >= 4 is 12.4 Å². The number of nitrogens with zero attached hydrogens (tertiary/aromatic N) is 1. The summed E-state index contributed by atoms with van der Waals surface area (Å²) < 4.78 is 0. The zero-order valence-electron chi connectivity index (χ0n) is 15.0. The molecule has 0 aromatic heterocycles. The molecule has 0 amide bonds. The first-order valence-electron chi connectivity index (χ1n) is 9.72. The Hall–Kier alpha value is -1.31. The van der Waals surface area contributed by atoms with E-state index < -0.39 is 0 Å². The third-order valence-electron chi connectivity index (χ3n) is 6.16. The van der Waals surface area contributed by atoms with Gasteiger partial charge in [-0.3, -0.25) is 0 Å². The van der Waals surface area contributed by atoms with Crippen LogP contribution in [-0.4, -0.2) is 24.5 Å². The summed E-state index contributed by atoms with van der Waals surface area (Å²) in [5, 5.41) is 0. The summed E-state index contributed by atoms with van der Waals surface area (Å²) in [7, 11) is 0. The zero-order valence-corrected chi connectivity index (χ0v) is 15.8. The third kappa shape index (κ3) is 4.46. The van der Waals surface area contributed by atoms with Crippen LogP contribution in [0, 0.1) is 11.8 Å². The molecule has 1 saturated heterocycles. The fourth-order valence-electron chi connectivity index (χ4n) is 4.57. The molecule has 1 heterocycles. The Bertz CT molecular complexity index is 576. The lowest BCUT2D eigenvalue weighted by molar-refractivity contribution is 0.127. The summed E-state index contributed by atoms with van der Waals surface area (Å²) in [5.74, 6) is 2.33. The average Bonchev–Trinajstić information content (AvgIpc) is 2.62. The van der Waals surface area contributed by atoms with E-state index in [0.29, 0.717) is 5.92 Å². The van der Waals surface area contributed by atoms with Gasteiger partial charge in [-0.25, -0.2) is 0 Å².